The van der Waals surface area contributed by atoms with Crippen molar-refractivity contribution in [2.75, 3.05) is 14.2 Å². The van der Waals surface area contributed by atoms with Crippen molar-refractivity contribution in [2.24, 2.45) is 0 Å². The van der Waals surface area contributed by atoms with E-state index in [1.54, 1.807) is 20.0 Å². The molecule has 0 heterocycles. The van der Waals surface area contributed by atoms with Crippen molar-refractivity contribution >= 4 is 17.6 Å². The third-order valence-corrected chi connectivity index (χ3v) is 2.93. The quantitative estimate of drug-likeness (QED) is 0.845. The first-order valence-corrected chi connectivity index (χ1v) is 5.57. The van der Waals surface area contributed by atoms with E-state index in [1.807, 2.05) is 0 Å². The predicted octanol–water partition coefficient (Wildman–Crippen LogP) is 2.61. The van der Waals surface area contributed by atoms with Crippen molar-refractivity contribution in [1.82, 2.24) is 5.32 Å². The molecule has 1 rings (SSSR count). The average Bonchev–Trinajstić information content (AvgIpc) is 2.30. The second-order valence-electron chi connectivity index (χ2n) is 3.74. The van der Waals surface area contributed by atoms with Gasteiger partial charge in [-0.1, -0.05) is 11.6 Å². The number of nitrogens with one attached hydrogen (secondary N) is 1. The fourth-order valence-corrected chi connectivity index (χ4v) is 1.90. The van der Waals surface area contributed by atoms with Crippen molar-refractivity contribution in [3.8, 4) is 0 Å². The zero-order chi connectivity index (χ0) is 13.0. The first-order chi connectivity index (χ1) is 7.99. The van der Waals surface area contributed by atoms with E-state index >= 15 is 0 Å². The first kappa shape index (κ1) is 13.9. The van der Waals surface area contributed by atoms with E-state index in [4.69, 9.17) is 11.6 Å². The molecule has 1 unspecified atom stereocenters. The van der Waals surface area contributed by atoms with Crippen LogP contribution in [0.1, 0.15) is 23.6 Å². The van der Waals surface area contributed by atoms with Gasteiger partial charge in [-0.25, -0.2) is 4.39 Å². The minimum atomic E-state index is -0.374. The predicted molar refractivity (Wildman–Crippen MR) is 64.6 cm³/mol. The third kappa shape index (κ3) is 3.41. The molecule has 0 aliphatic rings. The Morgan fingerprint density at radius 1 is 1.59 bits per heavy atom. The van der Waals surface area contributed by atoms with E-state index in [2.05, 4.69) is 10.1 Å². The van der Waals surface area contributed by atoms with Crippen LogP contribution in [0.4, 0.5) is 4.39 Å². The Kier molecular flexibility index (Phi) is 4.90. The van der Waals surface area contributed by atoms with E-state index in [-0.39, 0.29) is 24.2 Å². The summed E-state index contributed by atoms with van der Waals surface area (Å²) >= 11 is 6.04. The van der Waals surface area contributed by atoms with Crippen LogP contribution >= 0.6 is 11.6 Å². The van der Waals surface area contributed by atoms with Crippen LogP contribution in [0.25, 0.3) is 0 Å². The van der Waals surface area contributed by atoms with E-state index < -0.39 is 0 Å². The average molecular weight is 260 g/mol. The van der Waals surface area contributed by atoms with Gasteiger partial charge in [0.05, 0.1) is 13.5 Å². The smallest absolute Gasteiger partial charge is 0.307 e. The number of aryl methyl sites for hydroxylation is 1. The number of halogens is 2. The molecule has 0 saturated carbocycles. The van der Waals surface area contributed by atoms with Gasteiger partial charge in [0, 0.05) is 11.1 Å². The Morgan fingerprint density at radius 3 is 2.76 bits per heavy atom. The molecular weight excluding hydrogens is 245 g/mol. The van der Waals surface area contributed by atoms with Gasteiger partial charge in [-0.3, -0.25) is 4.79 Å². The van der Waals surface area contributed by atoms with Crippen molar-refractivity contribution in [1.29, 1.82) is 0 Å². The lowest BCUT2D eigenvalue weighted by atomic mass is 10.0. The highest BCUT2D eigenvalue weighted by Crippen LogP contribution is 2.28. The minimum Gasteiger partial charge on any atom is -0.469 e. The Balaban J connectivity index is 3.03. The van der Waals surface area contributed by atoms with Crippen LogP contribution in [0, 0.1) is 12.7 Å². The maximum Gasteiger partial charge on any atom is 0.307 e. The molecule has 0 amide bonds. The highest BCUT2D eigenvalue weighted by Gasteiger charge is 2.18. The van der Waals surface area contributed by atoms with Crippen molar-refractivity contribution in [2.45, 2.75) is 19.4 Å². The summed E-state index contributed by atoms with van der Waals surface area (Å²) in [5.41, 5.74) is 1.04. The largest absolute Gasteiger partial charge is 0.469 e. The van der Waals surface area contributed by atoms with Crippen LogP contribution in [0.3, 0.4) is 0 Å². The molecule has 3 nitrogen and oxygen atoms in total. The second kappa shape index (κ2) is 5.98. The number of carbonyl (C=O) groups is 1. The highest BCUT2D eigenvalue weighted by molar-refractivity contribution is 6.31. The van der Waals surface area contributed by atoms with Crippen molar-refractivity contribution in [3.05, 3.63) is 34.1 Å². The number of hydrogen-bond donors (Lipinski definition) is 1. The molecule has 1 atom stereocenters. The zero-order valence-corrected chi connectivity index (χ0v) is 10.8. The fourth-order valence-electron chi connectivity index (χ4n) is 1.55. The van der Waals surface area contributed by atoms with Crippen LogP contribution in [-0.2, 0) is 9.53 Å². The fraction of sp³-hybridized carbons (Fsp3) is 0.417. The molecule has 94 valence electrons. The highest BCUT2D eigenvalue weighted by atomic mass is 35.5. The molecular formula is C12H15ClFNO2. The van der Waals surface area contributed by atoms with Crippen molar-refractivity contribution in [3.63, 3.8) is 0 Å². The summed E-state index contributed by atoms with van der Waals surface area (Å²) in [7, 11) is 2.99. The summed E-state index contributed by atoms with van der Waals surface area (Å²) in [5.74, 6) is -0.712. The van der Waals surface area contributed by atoms with Crippen LogP contribution < -0.4 is 5.32 Å². The van der Waals surface area contributed by atoms with E-state index in [1.165, 1.54) is 13.2 Å². The molecule has 1 N–H and O–H groups in total. The van der Waals surface area contributed by atoms with Gasteiger partial charge in [0.1, 0.15) is 5.82 Å². The van der Waals surface area contributed by atoms with Crippen LogP contribution in [0.5, 0.6) is 0 Å². The van der Waals surface area contributed by atoms with E-state index in [9.17, 15) is 9.18 Å². The molecule has 1 aromatic rings. The summed E-state index contributed by atoms with van der Waals surface area (Å²) in [6.45, 7) is 1.64. The van der Waals surface area contributed by atoms with Gasteiger partial charge >= 0.3 is 5.97 Å². The monoisotopic (exact) mass is 259 g/mol. The Morgan fingerprint density at radius 2 is 2.24 bits per heavy atom. The molecule has 0 radical (unpaired) electrons. The lowest BCUT2D eigenvalue weighted by Gasteiger charge is -2.17. The molecule has 5 heteroatoms. The summed E-state index contributed by atoms with van der Waals surface area (Å²) < 4.78 is 18.1. The lowest BCUT2D eigenvalue weighted by molar-refractivity contribution is -0.141. The summed E-state index contributed by atoms with van der Waals surface area (Å²) in [4.78, 5) is 11.2. The maximum absolute atomic E-state index is 13.5. The summed E-state index contributed by atoms with van der Waals surface area (Å²) in [6, 6.07) is 2.54. The number of carbonyl (C=O) groups excluding carboxylic acids is 1. The summed E-state index contributed by atoms with van der Waals surface area (Å²) in [5, 5.41) is 3.36. The molecule has 0 bridgehead atoms. The first-order valence-electron chi connectivity index (χ1n) is 5.19. The van der Waals surface area contributed by atoms with Gasteiger partial charge in [-0.2, -0.15) is 0 Å². The number of benzene rings is 1. The standard InChI is InChI=1S/C12H15ClFNO2/c1-7-4-9(13)8(5-10(7)14)11(15-2)6-12(16)17-3/h4-5,11,15H,6H2,1-3H3. The van der Waals surface area contributed by atoms with Crippen LogP contribution in [0.15, 0.2) is 12.1 Å². The van der Waals surface area contributed by atoms with E-state index in [0.717, 1.165) is 0 Å². The SMILES string of the molecule is CNC(CC(=O)OC)c1cc(F)c(C)cc1Cl. The Labute approximate surface area is 105 Å². The third-order valence-electron chi connectivity index (χ3n) is 2.60. The van der Waals surface area contributed by atoms with Gasteiger partial charge < -0.3 is 10.1 Å². The molecule has 0 aromatic heterocycles. The normalized spacial score (nSPS) is 12.3. The zero-order valence-electron chi connectivity index (χ0n) is 10.0. The summed E-state index contributed by atoms with van der Waals surface area (Å²) in [6.07, 6.45) is 0.106. The molecule has 0 saturated heterocycles. The van der Waals surface area contributed by atoms with Crippen LogP contribution in [0.2, 0.25) is 5.02 Å². The molecule has 1 aromatic carbocycles. The van der Waals surface area contributed by atoms with E-state index in [0.29, 0.717) is 16.1 Å². The number of methoxy groups -OCH3 is 1. The van der Waals surface area contributed by atoms with Crippen molar-refractivity contribution < 1.29 is 13.9 Å². The number of hydrogen-bond acceptors (Lipinski definition) is 3. The lowest BCUT2D eigenvalue weighted by Crippen LogP contribution is -2.21. The second-order valence-corrected chi connectivity index (χ2v) is 4.15. The van der Waals surface area contributed by atoms with Gasteiger partial charge in [0.25, 0.3) is 0 Å². The number of esters is 1. The van der Waals surface area contributed by atoms with Gasteiger partial charge in [0.15, 0.2) is 0 Å². The Bertz CT molecular complexity index is 423. The molecule has 0 aliphatic heterocycles. The molecule has 0 spiro atoms. The van der Waals surface area contributed by atoms with Gasteiger partial charge in [-0.15, -0.1) is 0 Å². The number of ether oxygens (including phenoxy) is 1. The topological polar surface area (TPSA) is 38.3 Å². The maximum atomic E-state index is 13.5. The number of rotatable bonds is 4. The van der Waals surface area contributed by atoms with Gasteiger partial charge in [-0.05, 0) is 37.2 Å². The molecule has 17 heavy (non-hydrogen) atoms. The van der Waals surface area contributed by atoms with Crippen LogP contribution in [-0.4, -0.2) is 20.1 Å². The Hall–Kier alpha value is -1.13. The van der Waals surface area contributed by atoms with Gasteiger partial charge in [0.2, 0.25) is 0 Å². The molecule has 0 aliphatic carbocycles. The molecule has 0 fully saturated rings. The minimum absolute atomic E-state index is 0.106.